The Labute approximate surface area is 106 Å². The number of hydrogen-bond donors (Lipinski definition) is 0. The summed E-state index contributed by atoms with van der Waals surface area (Å²) in [7, 11) is 1.59. The minimum atomic E-state index is -0.272. The molecule has 18 heavy (non-hydrogen) atoms. The number of ketones is 2. The van der Waals surface area contributed by atoms with Crippen LogP contribution < -0.4 is 4.74 Å². The molecule has 0 bridgehead atoms. The summed E-state index contributed by atoms with van der Waals surface area (Å²) in [5.41, 5.74) is 0.912. The maximum atomic E-state index is 11.1. The smallest absolute Gasteiger partial charge is 0.164 e. The lowest BCUT2D eigenvalue weighted by molar-refractivity contribution is -0.119. The van der Waals surface area contributed by atoms with Crippen LogP contribution >= 0.6 is 0 Å². The number of methoxy groups -OCH3 is 1. The van der Waals surface area contributed by atoms with E-state index in [1.807, 2.05) is 0 Å². The number of ether oxygens (including phenoxy) is 1. The molecule has 0 saturated carbocycles. The topological polar surface area (TPSA) is 43.4 Å². The molecule has 0 unspecified atom stereocenters. The molecule has 0 N–H and O–H groups in total. The lowest BCUT2D eigenvalue weighted by Gasteiger charge is -1.97. The largest absolute Gasteiger partial charge is 0.497 e. The number of carbonyl (C=O) groups excluding carboxylic acids is 2. The molecule has 0 saturated heterocycles. The molecule has 0 aliphatic heterocycles. The van der Waals surface area contributed by atoms with Crippen LogP contribution in [-0.2, 0) is 9.59 Å². The highest BCUT2D eigenvalue weighted by Crippen LogP contribution is 2.10. The van der Waals surface area contributed by atoms with Crippen LogP contribution in [0.15, 0.2) is 35.9 Å². The molecule has 3 nitrogen and oxygen atoms in total. The molecule has 3 heteroatoms. The third-order valence-corrected chi connectivity index (χ3v) is 2.28. The van der Waals surface area contributed by atoms with Crippen LogP contribution in [0, 0.1) is 11.8 Å². The second-order valence-electron chi connectivity index (χ2n) is 3.67. The van der Waals surface area contributed by atoms with Gasteiger partial charge >= 0.3 is 0 Å². The Morgan fingerprint density at radius 2 is 1.67 bits per heavy atom. The number of rotatable bonds is 3. The fraction of sp³-hybridized carbons (Fsp3) is 0.200. The van der Waals surface area contributed by atoms with Crippen molar-refractivity contribution in [2.75, 3.05) is 7.11 Å². The fourth-order valence-electron chi connectivity index (χ4n) is 1.32. The van der Waals surface area contributed by atoms with E-state index in [4.69, 9.17) is 4.74 Å². The molecule has 1 aromatic rings. The molecule has 0 radical (unpaired) electrons. The average molecular weight is 242 g/mol. The highest BCUT2D eigenvalue weighted by Gasteiger charge is 2.07. The first-order chi connectivity index (χ1) is 8.54. The molecule has 0 fully saturated rings. The summed E-state index contributed by atoms with van der Waals surface area (Å²) >= 11 is 0. The van der Waals surface area contributed by atoms with Crippen molar-refractivity contribution in [2.45, 2.75) is 13.8 Å². The van der Waals surface area contributed by atoms with Crippen molar-refractivity contribution in [2.24, 2.45) is 0 Å². The van der Waals surface area contributed by atoms with Gasteiger partial charge in [0, 0.05) is 11.6 Å². The summed E-state index contributed by atoms with van der Waals surface area (Å²) in [6, 6.07) is 7.21. The van der Waals surface area contributed by atoms with Gasteiger partial charge in [0.15, 0.2) is 11.6 Å². The van der Waals surface area contributed by atoms with Crippen LogP contribution in [0.5, 0.6) is 5.75 Å². The summed E-state index contributed by atoms with van der Waals surface area (Å²) < 4.78 is 5.03. The van der Waals surface area contributed by atoms with Gasteiger partial charge < -0.3 is 4.74 Å². The summed E-state index contributed by atoms with van der Waals surface area (Å²) in [4.78, 5) is 22.3. The predicted octanol–water partition coefficient (Wildman–Crippen LogP) is 2.15. The zero-order valence-electron chi connectivity index (χ0n) is 10.6. The van der Waals surface area contributed by atoms with E-state index >= 15 is 0 Å². The Morgan fingerprint density at radius 3 is 2.11 bits per heavy atom. The number of benzene rings is 1. The Morgan fingerprint density at radius 1 is 1.11 bits per heavy atom. The first-order valence-corrected chi connectivity index (χ1v) is 5.42. The van der Waals surface area contributed by atoms with Crippen LogP contribution in [0.4, 0.5) is 0 Å². The summed E-state index contributed by atoms with van der Waals surface area (Å²) in [5.74, 6) is 5.77. The van der Waals surface area contributed by atoms with Crippen molar-refractivity contribution in [3.05, 3.63) is 41.5 Å². The lowest BCUT2D eigenvalue weighted by atomic mass is 10.1. The quantitative estimate of drug-likeness (QED) is 0.353. The van der Waals surface area contributed by atoms with Crippen molar-refractivity contribution >= 4 is 11.6 Å². The van der Waals surface area contributed by atoms with E-state index in [9.17, 15) is 9.59 Å². The standard InChI is InChI=1S/C15H14O3/c1-11(16)15(12(2)17)6-4-5-13-7-9-14(18-3)10-8-13/h6-10H,1-3H3. The van der Waals surface area contributed by atoms with Crippen LogP contribution in [0.2, 0.25) is 0 Å². The van der Waals surface area contributed by atoms with Gasteiger partial charge in [-0.25, -0.2) is 0 Å². The van der Waals surface area contributed by atoms with Crippen molar-refractivity contribution in [1.82, 2.24) is 0 Å². The highest BCUT2D eigenvalue weighted by atomic mass is 16.5. The Hall–Kier alpha value is -2.34. The third-order valence-electron chi connectivity index (χ3n) is 2.28. The Kier molecular flexibility index (Phi) is 4.89. The molecule has 0 amide bonds. The normalized spacial score (nSPS) is 8.83. The van der Waals surface area contributed by atoms with Crippen molar-refractivity contribution in [3.63, 3.8) is 0 Å². The molecule has 1 aromatic carbocycles. The summed E-state index contributed by atoms with van der Waals surface area (Å²) in [6.45, 7) is 2.70. The molecule has 0 aromatic heterocycles. The minimum absolute atomic E-state index is 0.121. The first kappa shape index (κ1) is 13.7. The maximum absolute atomic E-state index is 11.1. The minimum Gasteiger partial charge on any atom is -0.497 e. The Balaban J connectivity index is 2.90. The van der Waals surface area contributed by atoms with Gasteiger partial charge in [-0.3, -0.25) is 9.59 Å². The van der Waals surface area contributed by atoms with Gasteiger partial charge in [-0.05, 0) is 38.1 Å². The molecule has 0 spiro atoms. The van der Waals surface area contributed by atoms with Gasteiger partial charge in [0.05, 0.1) is 12.7 Å². The van der Waals surface area contributed by atoms with Crippen molar-refractivity contribution < 1.29 is 14.3 Å². The van der Waals surface area contributed by atoms with E-state index in [1.165, 1.54) is 19.9 Å². The zero-order valence-corrected chi connectivity index (χ0v) is 10.6. The third kappa shape index (κ3) is 3.91. The molecular weight excluding hydrogens is 228 g/mol. The van der Waals surface area contributed by atoms with E-state index < -0.39 is 0 Å². The number of carbonyl (C=O) groups is 2. The van der Waals surface area contributed by atoms with Crippen molar-refractivity contribution in [1.29, 1.82) is 0 Å². The molecule has 0 heterocycles. The predicted molar refractivity (Wildman–Crippen MR) is 69.3 cm³/mol. The first-order valence-electron chi connectivity index (χ1n) is 5.42. The van der Waals surface area contributed by atoms with E-state index in [0.717, 1.165) is 11.3 Å². The fourth-order valence-corrected chi connectivity index (χ4v) is 1.32. The number of allylic oxidation sites excluding steroid dienone is 2. The average Bonchev–Trinajstić information content (AvgIpc) is 2.34. The molecular formula is C15H14O3. The van der Waals surface area contributed by atoms with Gasteiger partial charge in [0.1, 0.15) is 5.75 Å². The van der Waals surface area contributed by atoms with E-state index in [0.29, 0.717) is 0 Å². The van der Waals surface area contributed by atoms with Gasteiger partial charge in [-0.15, -0.1) is 0 Å². The summed E-state index contributed by atoms with van der Waals surface area (Å²) in [5, 5.41) is 0. The van der Waals surface area contributed by atoms with Crippen LogP contribution in [0.1, 0.15) is 19.4 Å². The van der Waals surface area contributed by atoms with Gasteiger partial charge in [0.25, 0.3) is 0 Å². The van der Waals surface area contributed by atoms with Gasteiger partial charge in [0.2, 0.25) is 0 Å². The second kappa shape index (κ2) is 6.41. The van der Waals surface area contributed by atoms with Gasteiger partial charge in [-0.1, -0.05) is 11.8 Å². The molecule has 1 rings (SSSR count). The maximum Gasteiger partial charge on any atom is 0.164 e. The van der Waals surface area contributed by atoms with E-state index in [2.05, 4.69) is 11.8 Å². The molecule has 0 atom stereocenters. The van der Waals surface area contributed by atoms with Crippen LogP contribution in [0.3, 0.4) is 0 Å². The zero-order chi connectivity index (χ0) is 13.5. The summed E-state index contributed by atoms with van der Waals surface area (Å²) in [6.07, 6.45) is 1.36. The lowest BCUT2D eigenvalue weighted by Crippen LogP contribution is -2.05. The van der Waals surface area contributed by atoms with E-state index in [-0.39, 0.29) is 17.1 Å². The molecule has 92 valence electrons. The second-order valence-corrected chi connectivity index (χ2v) is 3.67. The van der Waals surface area contributed by atoms with Crippen molar-refractivity contribution in [3.8, 4) is 17.6 Å². The molecule has 0 aliphatic carbocycles. The SMILES string of the molecule is COc1ccc(C#CC=C(C(C)=O)C(C)=O)cc1. The Bertz CT molecular complexity index is 523. The molecule has 0 aliphatic rings. The number of hydrogen-bond acceptors (Lipinski definition) is 3. The van der Waals surface area contributed by atoms with Crippen LogP contribution in [0.25, 0.3) is 0 Å². The van der Waals surface area contributed by atoms with E-state index in [1.54, 1.807) is 31.4 Å². The monoisotopic (exact) mass is 242 g/mol. The van der Waals surface area contributed by atoms with Crippen LogP contribution in [-0.4, -0.2) is 18.7 Å². The van der Waals surface area contributed by atoms with Gasteiger partial charge in [-0.2, -0.15) is 0 Å². The highest BCUT2D eigenvalue weighted by molar-refractivity contribution is 6.18. The number of Topliss-reactive ketones (excluding diaryl/α,β-unsaturated/α-hetero) is 2.